The van der Waals surface area contributed by atoms with Crippen molar-refractivity contribution in [2.75, 3.05) is 13.2 Å². The van der Waals surface area contributed by atoms with E-state index in [1.54, 1.807) is 18.2 Å². The Hall–Kier alpha value is -2.29. The smallest absolute Gasteiger partial charge is 0.294 e. The molecule has 1 aromatic carbocycles. The van der Waals surface area contributed by atoms with Crippen LogP contribution in [0, 0.1) is 12.9 Å². The molecule has 0 bridgehead atoms. The van der Waals surface area contributed by atoms with Gasteiger partial charge in [-0.3, -0.25) is 4.55 Å². The van der Waals surface area contributed by atoms with Gasteiger partial charge in [-0.2, -0.15) is 12.8 Å². The zero-order valence-electron chi connectivity index (χ0n) is 14.4. The first-order valence-electron chi connectivity index (χ1n) is 7.98. The number of aromatic nitrogens is 1. The van der Waals surface area contributed by atoms with Crippen LogP contribution in [0.1, 0.15) is 17.5 Å². The molecule has 1 atom stereocenters. The lowest BCUT2D eigenvalue weighted by Crippen LogP contribution is -2.46. The summed E-state index contributed by atoms with van der Waals surface area (Å²) in [4.78, 5) is 3.52. The van der Waals surface area contributed by atoms with Crippen LogP contribution in [0.15, 0.2) is 48.0 Å². The third-order valence-corrected chi connectivity index (χ3v) is 4.62. The van der Waals surface area contributed by atoms with Crippen molar-refractivity contribution in [1.82, 2.24) is 10.3 Å². The molecule has 2 N–H and O–H groups in total. The van der Waals surface area contributed by atoms with Gasteiger partial charge in [0.1, 0.15) is 12.4 Å². The molecule has 26 heavy (non-hydrogen) atoms. The van der Waals surface area contributed by atoms with E-state index in [4.69, 9.17) is 9.29 Å². The number of hydrogen-bond donors (Lipinski definition) is 2. The standard InChI is InChI=1S/C11H13FN2O.C7H8O3S/c1-2-8-5-10(6-14-11(8)12)15-7-9-3-4-13-9;1-6-2-4-7(5-3-6)11(8,9)10/h2,5-6,9,13H,1,3-4,7H2;2-5H,1H3,(H,8,9,10)/t9-;/m0./s1. The van der Waals surface area contributed by atoms with Crippen LogP contribution >= 0.6 is 0 Å². The van der Waals surface area contributed by atoms with Crippen molar-refractivity contribution in [3.8, 4) is 5.75 Å². The molecule has 0 saturated carbocycles. The summed E-state index contributed by atoms with van der Waals surface area (Å²) >= 11 is 0. The highest BCUT2D eigenvalue weighted by atomic mass is 32.2. The fourth-order valence-electron chi connectivity index (χ4n) is 2.06. The predicted octanol–water partition coefficient (Wildman–Crippen LogP) is 2.85. The molecule has 0 spiro atoms. The SMILES string of the molecule is C=Cc1cc(OC[C@@H]2CCN2)cnc1F.Cc1ccc(S(=O)(=O)O)cc1. The number of halogens is 1. The number of rotatable bonds is 5. The fourth-order valence-corrected chi connectivity index (χ4v) is 2.54. The van der Waals surface area contributed by atoms with Crippen LogP contribution in [-0.2, 0) is 10.1 Å². The van der Waals surface area contributed by atoms with Gasteiger partial charge >= 0.3 is 0 Å². The number of nitrogens with one attached hydrogen (secondary N) is 1. The first-order chi connectivity index (χ1) is 12.3. The molecule has 1 aliphatic rings. The molecule has 3 rings (SSSR count). The maximum absolute atomic E-state index is 13.0. The first-order valence-corrected chi connectivity index (χ1v) is 9.42. The van der Waals surface area contributed by atoms with E-state index in [0.717, 1.165) is 18.5 Å². The summed E-state index contributed by atoms with van der Waals surface area (Å²) in [7, 11) is -4.02. The van der Waals surface area contributed by atoms with E-state index in [1.807, 2.05) is 6.92 Å². The molecule has 2 aromatic rings. The quantitative estimate of drug-likeness (QED) is 0.613. The average Bonchev–Trinajstić information content (AvgIpc) is 2.55. The lowest BCUT2D eigenvalue weighted by molar-refractivity contribution is 0.216. The van der Waals surface area contributed by atoms with Gasteiger partial charge in [-0.05, 0) is 38.1 Å². The van der Waals surface area contributed by atoms with Gasteiger partial charge in [0.15, 0.2) is 0 Å². The summed E-state index contributed by atoms with van der Waals surface area (Å²) in [6, 6.07) is 8.01. The van der Waals surface area contributed by atoms with E-state index in [0.29, 0.717) is 24.0 Å². The average molecular weight is 380 g/mol. The number of nitrogens with zero attached hydrogens (tertiary/aromatic N) is 1. The zero-order valence-corrected chi connectivity index (χ0v) is 15.2. The Bertz CT molecular complexity index is 850. The van der Waals surface area contributed by atoms with Crippen LogP contribution < -0.4 is 10.1 Å². The number of benzene rings is 1. The van der Waals surface area contributed by atoms with Gasteiger partial charge in [-0.1, -0.05) is 30.4 Å². The van der Waals surface area contributed by atoms with E-state index in [1.165, 1.54) is 24.4 Å². The van der Waals surface area contributed by atoms with E-state index in [2.05, 4.69) is 16.9 Å². The Balaban J connectivity index is 0.000000197. The van der Waals surface area contributed by atoms with Gasteiger partial charge in [0.05, 0.1) is 11.1 Å². The van der Waals surface area contributed by atoms with Crippen molar-refractivity contribution in [2.24, 2.45) is 0 Å². The zero-order chi connectivity index (χ0) is 19.2. The van der Waals surface area contributed by atoms with Crippen LogP contribution in [0.25, 0.3) is 6.08 Å². The van der Waals surface area contributed by atoms with E-state index in [9.17, 15) is 12.8 Å². The van der Waals surface area contributed by atoms with Gasteiger partial charge in [0.25, 0.3) is 10.1 Å². The molecular weight excluding hydrogens is 359 g/mol. The second kappa shape index (κ2) is 8.88. The molecule has 0 aliphatic carbocycles. The Morgan fingerprint density at radius 2 is 2.08 bits per heavy atom. The van der Waals surface area contributed by atoms with Gasteiger partial charge in [-0.25, -0.2) is 4.98 Å². The summed E-state index contributed by atoms with van der Waals surface area (Å²) in [5.41, 5.74) is 1.33. The van der Waals surface area contributed by atoms with Crippen molar-refractivity contribution in [3.05, 3.63) is 60.2 Å². The molecule has 1 aliphatic heterocycles. The third kappa shape index (κ3) is 5.91. The number of pyridine rings is 1. The molecule has 1 fully saturated rings. The largest absolute Gasteiger partial charge is 0.490 e. The molecule has 140 valence electrons. The second-order valence-electron chi connectivity index (χ2n) is 5.79. The van der Waals surface area contributed by atoms with E-state index < -0.39 is 16.1 Å². The van der Waals surface area contributed by atoms with Gasteiger partial charge < -0.3 is 10.1 Å². The summed E-state index contributed by atoms with van der Waals surface area (Å²) in [5, 5.41) is 3.22. The molecule has 0 unspecified atom stereocenters. The third-order valence-electron chi connectivity index (χ3n) is 3.76. The van der Waals surface area contributed by atoms with Crippen molar-refractivity contribution >= 4 is 16.2 Å². The van der Waals surface area contributed by atoms with Gasteiger partial charge in [-0.15, -0.1) is 0 Å². The normalized spacial score (nSPS) is 16.0. The predicted molar refractivity (Wildman–Crippen MR) is 97.2 cm³/mol. The minimum Gasteiger partial charge on any atom is -0.490 e. The van der Waals surface area contributed by atoms with Crippen molar-refractivity contribution < 1.29 is 22.1 Å². The maximum atomic E-state index is 13.0. The molecule has 1 saturated heterocycles. The monoisotopic (exact) mass is 380 g/mol. The van der Waals surface area contributed by atoms with Crippen LogP contribution in [0.2, 0.25) is 0 Å². The lowest BCUT2D eigenvalue weighted by Gasteiger charge is -2.27. The topological polar surface area (TPSA) is 88.5 Å². The van der Waals surface area contributed by atoms with Crippen molar-refractivity contribution in [2.45, 2.75) is 24.3 Å². The van der Waals surface area contributed by atoms with Gasteiger partial charge in [0.2, 0.25) is 5.95 Å². The Kier molecular flexibility index (Phi) is 6.84. The minimum absolute atomic E-state index is 0.0666. The van der Waals surface area contributed by atoms with Gasteiger partial charge in [0, 0.05) is 11.6 Å². The Morgan fingerprint density at radius 1 is 1.42 bits per heavy atom. The van der Waals surface area contributed by atoms with Crippen LogP contribution in [0.4, 0.5) is 4.39 Å². The number of aryl methyl sites for hydroxylation is 1. The molecule has 1 aromatic heterocycles. The molecule has 0 radical (unpaired) electrons. The number of ether oxygens (including phenoxy) is 1. The lowest BCUT2D eigenvalue weighted by atomic mass is 10.1. The Morgan fingerprint density at radius 3 is 2.58 bits per heavy atom. The highest BCUT2D eigenvalue weighted by Gasteiger charge is 2.16. The molecule has 0 amide bonds. The fraction of sp³-hybridized carbons (Fsp3) is 0.278. The number of hydrogen-bond acceptors (Lipinski definition) is 5. The first kappa shape index (κ1) is 20.0. The van der Waals surface area contributed by atoms with Crippen LogP contribution in [-0.4, -0.2) is 37.1 Å². The Labute approximate surface area is 152 Å². The maximum Gasteiger partial charge on any atom is 0.294 e. The molecule has 8 heteroatoms. The molecule has 2 heterocycles. The summed E-state index contributed by atoms with van der Waals surface area (Å²) < 4.78 is 48.0. The minimum atomic E-state index is -4.02. The van der Waals surface area contributed by atoms with E-state index in [-0.39, 0.29) is 4.90 Å². The van der Waals surface area contributed by atoms with Crippen LogP contribution in [0.3, 0.4) is 0 Å². The summed E-state index contributed by atoms with van der Waals surface area (Å²) in [5.74, 6) is 0.0686. The van der Waals surface area contributed by atoms with Crippen molar-refractivity contribution in [3.63, 3.8) is 0 Å². The van der Waals surface area contributed by atoms with E-state index >= 15 is 0 Å². The van der Waals surface area contributed by atoms with Crippen LogP contribution in [0.5, 0.6) is 5.75 Å². The molecule has 6 nitrogen and oxygen atoms in total. The highest BCUT2D eigenvalue weighted by molar-refractivity contribution is 7.85. The molecular formula is C18H21FN2O4S. The summed E-state index contributed by atoms with van der Waals surface area (Å²) in [6.45, 7) is 7.00. The highest BCUT2D eigenvalue weighted by Crippen LogP contribution is 2.16. The van der Waals surface area contributed by atoms with Crippen molar-refractivity contribution in [1.29, 1.82) is 0 Å². The second-order valence-corrected chi connectivity index (χ2v) is 7.22. The summed E-state index contributed by atoms with van der Waals surface area (Å²) in [6.07, 6.45) is 3.95.